The second-order valence-electron chi connectivity index (χ2n) is 13.3. The molecule has 0 spiro atoms. The van der Waals surface area contributed by atoms with Crippen molar-refractivity contribution in [2.24, 2.45) is 0 Å². The predicted molar refractivity (Wildman–Crippen MR) is 139 cm³/mol. The molecule has 4 atom stereocenters. The van der Waals surface area contributed by atoms with E-state index >= 15 is 0 Å². The first-order valence-electron chi connectivity index (χ1n) is 12.8. The zero-order chi connectivity index (χ0) is 25.3. The van der Waals surface area contributed by atoms with Crippen LogP contribution in [0.5, 0.6) is 6.01 Å². The Labute approximate surface area is 206 Å². The maximum Gasteiger partial charge on any atom is 0.302 e. The third-order valence-electron chi connectivity index (χ3n) is 8.81. The molecule has 2 aliphatic heterocycles. The van der Waals surface area contributed by atoms with Crippen molar-refractivity contribution in [3.05, 3.63) is 21.6 Å². The van der Waals surface area contributed by atoms with Gasteiger partial charge in [0, 0.05) is 5.56 Å². The lowest BCUT2D eigenvalue weighted by molar-refractivity contribution is -0.0886. The largest absolute Gasteiger partial charge is 0.432 e. The van der Waals surface area contributed by atoms with Crippen LogP contribution in [0, 0.1) is 0 Å². The van der Waals surface area contributed by atoms with Gasteiger partial charge in [0.25, 0.3) is 5.56 Å². The Morgan fingerprint density at radius 1 is 1.00 bits per heavy atom. The van der Waals surface area contributed by atoms with E-state index in [0.717, 1.165) is 36.9 Å². The van der Waals surface area contributed by atoms with Crippen LogP contribution < -0.4 is 10.3 Å². The van der Waals surface area contributed by atoms with Gasteiger partial charge in [0.15, 0.2) is 16.6 Å². The van der Waals surface area contributed by atoms with Crippen molar-refractivity contribution in [3.63, 3.8) is 0 Å². The number of hydrogen-bond acceptors (Lipinski definition) is 6. The summed E-state index contributed by atoms with van der Waals surface area (Å²) in [6.45, 7) is 22.8. The molecule has 1 aromatic heterocycles. The monoisotopic (exact) mass is 508 g/mol. The van der Waals surface area contributed by atoms with Crippen LogP contribution in [-0.4, -0.2) is 51.3 Å². The lowest BCUT2D eigenvalue weighted by Crippen LogP contribution is -2.51. The normalized spacial score (nSPS) is 27.2. The molecular formula is C25H44N2O5Si2. The molecule has 0 unspecified atom stereocenters. The van der Waals surface area contributed by atoms with Gasteiger partial charge in [-0.3, -0.25) is 4.79 Å². The molecule has 9 heteroatoms. The van der Waals surface area contributed by atoms with Gasteiger partial charge in [-0.1, -0.05) is 41.5 Å². The number of rotatable bonds is 5. The third-order valence-corrected chi connectivity index (χ3v) is 17.8. The average molecular weight is 509 g/mol. The maximum atomic E-state index is 13.6. The summed E-state index contributed by atoms with van der Waals surface area (Å²) in [5.74, 6) is 0. The Morgan fingerprint density at radius 3 is 2.24 bits per heavy atom. The molecule has 0 aromatic carbocycles. The topological polar surface area (TPSA) is 71.8 Å². The van der Waals surface area contributed by atoms with Gasteiger partial charge in [0.1, 0.15) is 18.2 Å². The van der Waals surface area contributed by atoms with Crippen molar-refractivity contribution in [2.75, 3.05) is 6.61 Å². The number of ether oxygens (including phenoxy) is 2. The molecule has 192 valence electrons. The summed E-state index contributed by atoms with van der Waals surface area (Å²) in [6.07, 6.45) is 2.52. The summed E-state index contributed by atoms with van der Waals surface area (Å²) >= 11 is 0. The van der Waals surface area contributed by atoms with Crippen LogP contribution in [0.3, 0.4) is 0 Å². The number of fused-ring (bicyclic) bond motifs is 4. The zero-order valence-electron chi connectivity index (χ0n) is 22.8. The minimum atomic E-state index is -2.17. The van der Waals surface area contributed by atoms with Crippen molar-refractivity contribution in [1.82, 2.24) is 9.55 Å². The SMILES string of the molecule is CC(C)(C)[Si](C)(C)OC[C@H]1O[C@H]2Oc3nc4c(c(=O)n3[C@H]2[C@@H]1O[Si](C)(C)C(C)(C)C)CCCC4. The molecule has 1 saturated heterocycles. The molecule has 1 aliphatic carbocycles. The fourth-order valence-corrected chi connectivity index (χ4v) is 6.81. The van der Waals surface area contributed by atoms with Gasteiger partial charge in [-0.05, 0) is 61.9 Å². The van der Waals surface area contributed by atoms with Crippen molar-refractivity contribution in [1.29, 1.82) is 0 Å². The molecule has 0 saturated carbocycles. The van der Waals surface area contributed by atoms with E-state index in [9.17, 15) is 4.79 Å². The molecule has 1 aromatic rings. The second-order valence-corrected chi connectivity index (χ2v) is 22.8. The van der Waals surface area contributed by atoms with Gasteiger partial charge in [-0.25, -0.2) is 9.55 Å². The van der Waals surface area contributed by atoms with E-state index in [2.05, 4.69) is 67.7 Å². The van der Waals surface area contributed by atoms with E-state index in [1.807, 2.05) is 0 Å². The van der Waals surface area contributed by atoms with Gasteiger partial charge < -0.3 is 18.3 Å². The lowest BCUT2D eigenvalue weighted by atomic mass is 9.97. The van der Waals surface area contributed by atoms with E-state index in [4.69, 9.17) is 23.3 Å². The Bertz CT molecular complexity index is 993. The minimum absolute atomic E-state index is 0.0191. The van der Waals surface area contributed by atoms with Crippen LogP contribution in [0.2, 0.25) is 36.3 Å². The Hall–Kier alpha value is -1.01. The number of hydrogen-bond donors (Lipinski definition) is 0. The van der Waals surface area contributed by atoms with E-state index in [0.29, 0.717) is 12.6 Å². The highest BCUT2D eigenvalue weighted by Crippen LogP contribution is 2.46. The van der Waals surface area contributed by atoms with E-state index in [-0.39, 0.29) is 33.9 Å². The molecule has 0 N–H and O–H groups in total. The highest BCUT2D eigenvalue weighted by Gasteiger charge is 2.56. The van der Waals surface area contributed by atoms with Gasteiger partial charge in [-0.2, -0.15) is 0 Å². The smallest absolute Gasteiger partial charge is 0.302 e. The second kappa shape index (κ2) is 8.54. The predicted octanol–water partition coefficient (Wildman–Crippen LogP) is 5.19. The molecule has 0 radical (unpaired) electrons. The van der Waals surface area contributed by atoms with Crippen molar-refractivity contribution >= 4 is 16.6 Å². The zero-order valence-corrected chi connectivity index (χ0v) is 24.8. The molecule has 0 bridgehead atoms. The van der Waals surface area contributed by atoms with E-state index < -0.39 is 22.9 Å². The fourth-order valence-electron chi connectivity index (χ4n) is 4.47. The van der Waals surface area contributed by atoms with Gasteiger partial charge in [0.05, 0.1) is 12.3 Å². The van der Waals surface area contributed by atoms with Crippen LogP contribution in [0.1, 0.15) is 71.7 Å². The highest BCUT2D eigenvalue weighted by molar-refractivity contribution is 6.74. The lowest BCUT2D eigenvalue weighted by Gasteiger charge is -2.41. The highest BCUT2D eigenvalue weighted by atomic mass is 28.4. The average Bonchev–Trinajstić information content (AvgIpc) is 3.21. The summed E-state index contributed by atoms with van der Waals surface area (Å²) in [7, 11) is -4.15. The van der Waals surface area contributed by atoms with E-state index in [1.165, 1.54) is 0 Å². The summed E-state index contributed by atoms with van der Waals surface area (Å²) in [5, 5.41) is 0.123. The quantitative estimate of drug-likeness (QED) is 0.510. The molecule has 3 aliphatic rings. The van der Waals surface area contributed by atoms with Crippen molar-refractivity contribution < 1.29 is 18.3 Å². The third kappa shape index (κ3) is 4.47. The fraction of sp³-hybridized carbons (Fsp3) is 0.840. The molecule has 0 amide bonds. The standard InChI is InChI=1S/C25H44N2O5Si2/c1-24(2,3)33(7,8)29-15-18-20(32-34(9,10)25(4,5)6)19-22(30-18)31-23-26-17-14-12-11-13-16(17)21(28)27(19)23/h18-20,22H,11-15H2,1-10H3/t18-,19+,20-,22+/m1/s1. The van der Waals surface area contributed by atoms with Crippen LogP contribution in [0.15, 0.2) is 4.79 Å². The summed E-state index contributed by atoms with van der Waals surface area (Å²) in [6, 6.07) is 0.0395. The van der Waals surface area contributed by atoms with Crippen molar-refractivity contribution in [2.45, 2.75) is 128 Å². The first-order valence-corrected chi connectivity index (χ1v) is 18.6. The first kappa shape index (κ1) is 26.1. The van der Waals surface area contributed by atoms with Crippen LogP contribution in [0.4, 0.5) is 0 Å². The Morgan fingerprint density at radius 2 is 1.62 bits per heavy atom. The van der Waals surface area contributed by atoms with Gasteiger partial charge >= 0.3 is 6.01 Å². The molecule has 1 fully saturated rings. The summed E-state index contributed by atoms with van der Waals surface area (Å²) in [4.78, 5) is 18.4. The number of aryl methyl sites for hydroxylation is 1. The first-order chi connectivity index (χ1) is 15.5. The number of aromatic nitrogens is 2. The maximum absolute atomic E-state index is 13.6. The molecule has 34 heavy (non-hydrogen) atoms. The van der Waals surface area contributed by atoms with Crippen LogP contribution in [-0.2, 0) is 26.4 Å². The van der Waals surface area contributed by atoms with Gasteiger partial charge in [-0.15, -0.1) is 0 Å². The Kier molecular flexibility index (Phi) is 6.55. The van der Waals surface area contributed by atoms with Crippen LogP contribution >= 0.6 is 0 Å². The number of nitrogens with zero attached hydrogens (tertiary/aromatic N) is 2. The summed E-state index contributed by atoms with van der Waals surface area (Å²) < 4.78 is 27.9. The van der Waals surface area contributed by atoms with Crippen molar-refractivity contribution in [3.8, 4) is 6.01 Å². The van der Waals surface area contributed by atoms with E-state index in [1.54, 1.807) is 4.57 Å². The molecule has 3 heterocycles. The molecule has 7 nitrogen and oxygen atoms in total. The minimum Gasteiger partial charge on any atom is -0.432 e. The summed E-state index contributed by atoms with van der Waals surface area (Å²) in [5.41, 5.74) is 1.75. The van der Waals surface area contributed by atoms with Gasteiger partial charge in [0.2, 0.25) is 6.29 Å². The molecule has 4 rings (SSSR count). The molecular weight excluding hydrogens is 464 g/mol. The van der Waals surface area contributed by atoms with Crippen LogP contribution in [0.25, 0.3) is 0 Å². The Balaban J connectivity index is 1.70.